The van der Waals surface area contributed by atoms with Crippen LogP contribution in [0.3, 0.4) is 0 Å². The summed E-state index contributed by atoms with van der Waals surface area (Å²) >= 11 is 0. The Bertz CT molecular complexity index is 1300. The van der Waals surface area contributed by atoms with Crippen molar-refractivity contribution in [2.75, 3.05) is 31.5 Å². The highest BCUT2D eigenvalue weighted by atomic mass is 19.4. The van der Waals surface area contributed by atoms with Gasteiger partial charge in [0.2, 0.25) is 0 Å². The smallest absolute Gasteiger partial charge is 0.380 e. The van der Waals surface area contributed by atoms with Gasteiger partial charge >= 0.3 is 6.18 Å². The number of benzene rings is 2. The summed E-state index contributed by atoms with van der Waals surface area (Å²) in [5.74, 6) is -0.970. The number of rotatable bonds is 6. The van der Waals surface area contributed by atoms with E-state index in [4.69, 9.17) is 0 Å². The van der Waals surface area contributed by atoms with Gasteiger partial charge in [0.05, 0.1) is 36.0 Å². The number of nitrogens with one attached hydrogen (secondary N) is 2. The lowest BCUT2D eigenvalue weighted by Gasteiger charge is -2.43. The van der Waals surface area contributed by atoms with Gasteiger partial charge in [0.25, 0.3) is 0 Å². The van der Waals surface area contributed by atoms with Crippen molar-refractivity contribution >= 4 is 16.7 Å². The molecule has 3 heterocycles. The normalized spacial score (nSPS) is 23.6. The molecule has 0 bridgehead atoms. The van der Waals surface area contributed by atoms with Crippen LogP contribution in [0.2, 0.25) is 0 Å². The van der Waals surface area contributed by atoms with Crippen LogP contribution < -0.4 is 5.32 Å². The average molecular weight is 548 g/mol. The highest BCUT2D eigenvalue weighted by molar-refractivity contribution is 5.80. The fourth-order valence-corrected chi connectivity index (χ4v) is 6.88. The number of alkyl halides is 3. The number of H-pyrrole nitrogens is 1. The highest BCUT2D eigenvalue weighted by Gasteiger charge is 2.43. The SMILES string of the molecule is C[C@@H]1Cc2c(ccc3[nH]cnc23)[C@@H](c2c(F)cc(NC3CN(CC4CCCCC4)C3)cc2F)N1CC(F)(F)F. The fraction of sp³-hybridized carbons (Fsp3) is 0.552. The van der Waals surface area contributed by atoms with Gasteiger partial charge in [0.1, 0.15) is 11.6 Å². The second kappa shape index (κ2) is 10.4. The molecule has 3 aliphatic rings. The Morgan fingerprint density at radius 2 is 1.77 bits per heavy atom. The maximum absolute atomic E-state index is 15.7. The minimum Gasteiger partial charge on any atom is -0.380 e. The first-order valence-electron chi connectivity index (χ1n) is 13.9. The topological polar surface area (TPSA) is 47.2 Å². The minimum absolute atomic E-state index is 0.0864. The lowest BCUT2D eigenvalue weighted by Crippen LogP contribution is -2.56. The van der Waals surface area contributed by atoms with E-state index < -0.39 is 36.4 Å². The van der Waals surface area contributed by atoms with Crippen molar-refractivity contribution < 1.29 is 22.0 Å². The molecule has 1 aromatic heterocycles. The molecule has 5 nitrogen and oxygen atoms in total. The Labute approximate surface area is 224 Å². The van der Waals surface area contributed by atoms with Crippen LogP contribution in [-0.2, 0) is 6.42 Å². The van der Waals surface area contributed by atoms with Crippen LogP contribution in [0.1, 0.15) is 61.8 Å². The van der Waals surface area contributed by atoms with E-state index in [9.17, 15) is 13.2 Å². The lowest BCUT2D eigenvalue weighted by molar-refractivity contribution is -0.155. The Morgan fingerprint density at radius 3 is 2.46 bits per heavy atom. The number of halogens is 5. The first kappa shape index (κ1) is 26.5. The largest absolute Gasteiger partial charge is 0.401 e. The summed E-state index contributed by atoms with van der Waals surface area (Å²) in [6, 6.07) is 4.07. The summed E-state index contributed by atoms with van der Waals surface area (Å²) in [5.41, 5.74) is 2.48. The molecule has 0 amide bonds. The van der Waals surface area contributed by atoms with E-state index in [1.807, 2.05) is 0 Å². The van der Waals surface area contributed by atoms with Crippen molar-refractivity contribution in [3.63, 3.8) is 0 Å². The molecule has 1 saturated carbocycles. The molecule has 10 heteroatoms. The van der Waals surface area contributed by atoms with E-state index in [0.29, 0.717) is 23.2 Å². The van der Waals surface area contributed by atoms with Crippen LogP contribution in [0.5, 0.6) is 0 Å². The van der Waals surface area contributed by atoms with Crippen LogP contribution in [0, 0.1) is 17.6 Å². The second-order valence-corrected chi connectivity index (χ2v) is 11.6. The number of imidazole rings is 1. The summed E-state index contributed by atoms with van der Waals surface area (Å²) < 4.78 is 72.4. The number of likely N-dealkylation sites (tertiary alicyclic amines) is 1. The molecular formula is C29H34F5N5. The first-order valence-corrected chi connectivity index (χ1v) is 13.9. The fourth-order valence-electron chi connectivity index (χ4n) is 6.88. The van der Waals surface area contributed by atoms with Gasteiger partial charge in [-0.2, -0.15) is 13.2 Å². The maximum Gasteiger partial charge on any atom is 0.401 e. The molecule has 1 saturated heterocycles. The molecule has 0 radical (unpaired) electrons. The number of nitrogens with zero attached hydrogens (tertiary/aromatic N) is 3. The van der Waals surface area contributed by atoms with Crippen LogP contribution in [0.15, 0.2) is 30.6 Å². The summed E-state index contributed by atoms with van der Waals surface area (Å²) in [5, 5.41) is 3.23. The number of fused-ring (bicyclic) bond motifs is 3. The standard InChI is InChI=1S/C29H34F5N5/c1-17-9-22-21(7-8-25-27(22)36-16-35-25)28(39(17)15-29(32,33)34)26-23(30)10-19(11-24(26)31)37-20-13-38(14-20)12-18-5-3-2-4-6-18/h7-8,10-11,16-18,20,28,37H,2-6,9,12-15H2,1H3,(H,35,36)/t17-,28+/m1/s1. The zero-order chi connectivity index (χ0) is 27.3. The number of aromatic amines is 1. The summed E-state index contributed by atoms with van der Waals surface area (Å²) in [6.45, 7) is 3.09. The number of hydrogen-bond acceptors (Lipinski definition) is 4. The number of aromatic nitrogens is 2. The van der Waals surface area contributed by atoms with Crippen molar-refractivity contribution in [1.29, 1.82) is 0 Å². The van der Waals surface area contributed by atoms with E-state index >= 15 is 8.78 Å². The molecule has 1 aliphatic carbocycles. The van der Waals surface area contributed by atoms with E-state index in [-0.39, 0.29) is 11.6 Å². The first-order chi connectivity index (χ1) is 18.7. The van der Waals surface area contributed by atoms with Gasteiger partial charge in [-0.1, -0.05) is 25.3 Å². The summed E-state index contributed by atoms with van der Waals surface area (Å²) in [6.07, 6.45) is 3.74. The molecule has 0 unspecified atom stereocenters. The molecule has 210 valence electrons. The molecule has 2 N–H and O–H groups in total. The molecule has 3 aromatic rings. The summed E-state index contributed by atoms with van der Waals surface area (Å²) in [4.78, 5) is 10.9. The monoisotopic (exact) mass is 547 g/mol. The third kappa shape index (κ3) is 5.37. The van der Waals surface area contributed by atoms with Crippen LogP contribution >= 0.6 is 0 Å². The molecule has 2 aromatic carbocycles. The predicted octanol–water partition coefficient (Wildman–Crippen LogP) is 6.42. The molecule has 0 spiro atoms. The zero-order valence-electron chi connectivity index (χ0n) is 22.0. The van der Waals surface area contributed by atoms with E-state index in [2.05, 4.69) is 20.2 Å². The van der Waals surface area contributed by atoms with E-state index in [1.54, 1.807) is 19.1 Å². The van der Waals surface area contributed by atoms with Gasteiger partial charge in [-0.05, 0) is 61.4 Å². The summed E-state index contributed by atoms with van der Waals surface area (Å²) in [7, 11) is 0. The minimum atomic E-state index is -4.53. The van der Waals surface area contributed by atoms with Crippen LogP contribution in [0.4, 0.5) is 27.6 Å². The predicted molar refractivity (Wildman–Crippen MR) is 141 cm³/mol. The molecular weight excluding hydrogens is 513 g/mol. The Morgan fingerprint density at radius 1 is 1.05 bits per heavy atom. The quantitative estimate of drug-likeness (QED) is 0.350. The highest BCUT2D eigenvalue weighted by Crippen LogP contribution is 2.43. The number of anilines is 1. The molecule has 39 heavy (non-hydrogen) atoms. The van der Waals surface area contributed by atoms with Crippen molar-refractivity contribution in [2.45, 2.75) is 69.8 Å². The third-order valence-corrected chi connectivity index (χ3v) is 8.71. The lowest BCUT2D eigenvalue weighted by atomic mass is 9.83. The third-order valence-electron chi connectivity index (χ3n) is 8.71. The van der Waals surface area contributed by atoms with Gasteiger partial charge in [0, 0.05) is 36.9 Å². The molecule has 2 fully saturated rings. The van der Waals surface area contributed by atoms with Gasteiger partial charge in [-0.15, -0.1) is 0 Å². The van der Waals surface area contributed by atoms with Crippen LogP contribution in [0.25, 0.3) is 11.0 Å². The van der Waals surface area contributed by atoms with E-state index in [1.165, 1.54) is 50.6 Å². The number of hydrogen-bond donors (Lipinski definition) is 2. The van der Waals surface area contributed by atoms with Gasteiger partial charge in [-0.3, -0.25) is 9.80 Å². The maximum atomic E-state index is 15.7. The second-order valence-electron chi connectivity index (χ2n) is 11.6. The molecule has 2 atom stereocenters. The van der Waals surface area contributed by atoms with Crippen molar-refractivity contribution in [3.05, 3.63) is 58.9 Å². The van der Waals surface area contributed by atoms with Gasteiger partial charge in [-0.25, -0.2) is 13.8 Å². The Hall–Kier alpha value is -2.72. The Kier molecular flexibility index (Phi) is 7.03. The van der Waals surface area contributed by atoms with Crippen molar-refractivity contribution in [1.82, 2.24) is 19.8 Å². The van der Waals surface area contributed by atoms with Crippen molar-refractivity contribution in [2.24, 2.45) is 5.92 Å². The average Bonchev–Trinajstić information content (AvgIpc) is 3.33. The van der Waals surface area contributed by atoms with Crippen molar-refractivity contribution in [3.8, 4) is 0 Å². The van der Waals surface area contributed by atoms with Gasteiger partial charge < -0.3 is 10.3 Å². The van der Waals surface area contributed by atoms with Crippen LogP contribution in [-0.4, -0.2) is 64.2 Å². The van der Waals surface area contributed by atoms with Gasteiger partial charge in [0.15, 0.2) is 0 Å². The van der Waals surface area contributed by atoms with E-state index in [0.717, 1.165) is 41.5 Å². The Balaban J connectivity index is 1.26. The zero-order valence-corrected chi connectivity index (χ0v) is 22.0. The molecule has 2 aliphatic heterocycles. The molecule has 6 rings (SSSR count).